The standard InChI is InChI=1S/C30H29N3O8S/c1-4-27(34)41-15-16-42(37,38)22-13-14-26(40-3)25(18-22)32-33-28-23-8-6-5-7-19(23)17-24(29(28)35)30(36)31-20-9-11-21(39-2)12-10-20/h5-14,17-18,35H,4,15-16H2,1-3H3,(H,31,36). The fourth-order valence-corrected chi connectivity index (χ4v) is 5.10. The summed E-state index contributed by atoms with van der Waals surface area (Å²) in [4.78, 5) is 24.5. The molecule has 4 aromatic carbocycles. The smallest absolute Gasteiger partial charge is 0.305 e. The van der Waals surface area contributed by atoms with Crippen LogP contribution < -0.4 is 14.8 Å². The molecule has 0 fully saturated rings. The summed E-state index contributed by atoms with van der Waals surface area (Å²) in [6.45, 7) is 1.32. The van der Waals surface area contributed by atoms with Crippen LogP contribution in [0, 0.1) is 0 Å². The summed E-state index contributed by atoms with van der Waals surface area (Å²) in [5.74, 6) is -1.05. The fraction of sp³-hybridized carbons (Fsp3) is 0.200. The summed E-state index contributed by atoms with van der Waals surface area (Å²) < 4.78 is 41.1. The van der Waals surface area contributed by atoms with E-state index in [4.69, 9.17) is 14.2 Å². The Kier molecular flexibility index (Phi) is 9.38. The molecule has 0 saturated carbocycles. The van der Waals surface area contributed by atoms with E-state index in [0.29, 0.717) is 22.2 Å². The van der Waals surface area contributed by atoms with Gasteiger partial charge in [-0.15, -0.1) is 10.2 Å². The predicted octanol–water partition coefficient (Wildman–Crippen LogP) is 5.96. The topological polar surface area (TPSA) is 153 Å². The molecular formula is C30H29N3O8S. The second kappa shape index (κ2) is 13.1. The van der Waals surface area contributed by atoms with E-state index in [1.54, 1.807) is 61.5 Å². The Morgan fingerprint density at radius 1 is 0.929 bits per heavy atom. The average molecular weight is 592 g/mol. The third-order valence-electron chi connectivity index (χ3n) is 6.26. The van der Waals surface area contributed by atoms with Crippen LogP contribution in [0.4, 0.5) is 17.1 Å². The first-order valence-electron chi connectivity index (χ1n) is 12.8. The van der Waals surface area contributed by atoms with E-state index in [9.17, 15) is 23.1 Å². The predicted molar refractivity (Wildman–Crippen MR) is 157 cm³/mol. The molecule has 0 radical (unpaired) electrons. The van der Waals surface area contributed by atoms with Gasteiger partial charge in [0.1, 0.15) is 29.5 Å². The number of anilines is 1. The zero-order valence-electron chi connectivity index (χ0n) is 23.2. The number of benzene rings is 4. The molecule has 4 aromatic rings. The molecule has 0 aliphatic carbocycles. The van der Waals surface area contributed by atoms with Gasteiger partial charge in [0.05, 0.1) is 30.4 Å². The molecule has 218 valence electrons. The number of fused-ring (bicyclic) bond motifs is 1. The van der Waals surface area contributed by atoms with Gasteiger partial charge >= 0.3 is 5.97 Å². The fourth-order valence-electron chi connectivity index (χ4n) is 3.99. The molecule has 11 nitrogen and oxygen atoms in total. The Morgan fingerprint density at radius 3 is 2.36 bits per heavy atom. The minimum absolute atomic E-state index is 0.00905. The van der Waals surface area contributed by atoms with Gasteiger partial charge in [-0.25, -0.2) is 8.42 Å². The highest BCUT2D eigenvalue weighted by molar-refractivity contribution is 7.91. The first kappa shape index (κ1) is 30.0. The molecular weight excluding hydrogens is 562 g/mol. The number of rotatable bonds is 11. The molecule has 42 heavy (non-hydrogen) atoms. The van der Waals surface area contributed by atoms with Gasteiger partial charge in [0.15, 0.2) is 15.6 Å². The lowest BCUT2D eigenvalue weighted by molar-refractivity contribution is -0.142. The number of esters is 1. The largest absolute Gasteiger partial charge is 0.505 e. The lowest BCUT2D eigenvalue weighted by Gasteiger charge is -2.12. The van der Waals surface area contributed by atoms with Crippen LogP contribution in [0.1, 0.15) is 23.7 Å². The Balaban J connectivity index is 1.70. The van der Waals surface area contributed by atoms with E-state index in [0.717, 1.165) is 0 Å². The maximum Gasteiger partial charge on any atom is 0.305 e. The highest BCUT2D eigenvalue weighted by Crippen LogP contribution is 2.41. The number of phenolic OH excluding ortho intramolecular Hbond substituents is 1. The molecule has 12 heteroatoms. The third-order valence-corrected chi connectivity index (χ3v) is 7.93. The Labute approximate surface area is 242 Å². The molecule has 4 rings (SSSR count). The van der Waals surface area contributed by atoms with Gasteiger partial charge < -0.3 is 24.6 Å². The highest BCUT2D eigenvalue weighted by atomic mass is 32.2. The number of carbonyl (C=O) groups excluding carboxylic acids is 2. The van der Waals surface area contributed by atoms with E-state index < -0.39 is 33.2 Å². The van der Waals surface area contributed by atoms with Crippen LogP contribution in [-0.2, 0) is 19.4 Å². The van der Waals surface area contributed by atoms with Crippen molar-refractivity contribution in [1.29, 1.82) is 0 Å². The Hall–Kier alpha value is -4.97. The van der Waals surface area contributed by atoms with Gasteiger partial charge in [-0.05, 0) is 53.9 Å². The first-order valence-corrected chi connectivity index (χ1v) is 14.5. The van der Waals surface area contributed by atoms with Crippen LogP contribution in [0.25, 0.3) is 10.8 Å². The van der Waals surface area contributed by atoms with Gasteiger partial charge in [0, 0.05) is 17.5 Å². The van der Waals surface area contributed by atoms with E-state index >= 15 is 0 Å². The number of methoxy groups -OCH3 is 2. The van der Waals surface area contributed by atoms with Crippen molar-refractivity contribution in [2.24, 2.45) is 10.2 Å². The number of nitrogens with zero attached hydrogens (tertiary/aromatic N) is 2. The lowest BCUT2D eigenvalue weighted by Crippen LogP contribution is -2.15. The van der Waals surface area contributed by atoms with Gasteiger partial charge in [-0.1, -0.05) is 31.2 Å². The zero-order chi connectivity index (χ0) is 30.3. The number of hydrogen-bond acceptors (Lipinski definition) is 10. The number of aromatic hydroxyl groups is 1. The lowest BCUT2D eigenvalue weighted by atomic mass is 10.0. The summed E-state index contributed by atoms with van der Waals surface area (Å²) in [5, 5.41) is 23.5. The number of nitrogens with one attached hydrogen (secondary N) is 1. The number of hydrogen-bond donors (Lipinski definition) is 2. The van der Waals surface area contributed by atoms with Crippen molar-refractivity contribution in [3.05, 3.63) is 78.4 Å². The maximum absolute atomic E-state index is 13.2. The molecule has 0 atom stereocenters. The minimum atomic E-state index is -3.83. The molecule has 2 N–H and O–H groups in total. The number of ether oxygens (including phenoxy) is 3. The van der Waals surface area contributed by atoms with Crippen LogP contribution in [0.15, 0.2) is 87.9 Å². The van der Waals surface area contributed by atoms with Crippen molar-refractivity contribution in [3.63, 3.8) is 0 Å². The molecule has 0 heterocycles. The van der Waals surface area contributed by atoms with Crippen LogP contribution >= 0.6 is 0 Å². The van der Waals surface area contributed by atoms with Crippen molar-refractivity contribution >= 4 is 49.5 Å². The number of phenols is 1. The summed E-state index contributed by atoms with van der Waals surface area (Å²) in [6, 6.07) is 19.3. The van der Waals surface area contributed by atoms with Crippen molar-refractivity contribution < 1.29 is 37.3 Å². The Morgan fingerprint density at radius 2 is 1.67 bits per heavy atom. The van der Waals surface area contributed by atoms with E-state index in [-0.39, 0.29) is 40.6 Å². The van der Waals surface area contributed by atoms with Crippen molar-refractivity contribution in [2.45, 2.75) is 18.2 Å². The summed E-state index contributed by atoms with van der Waals surface area (Å²) in [6.07, 6.45) is 0.138. The molecule has 0 unspecified atom stereocenters. The summed E-state index contributed by atoms with van der Waals surface area (Å²) in [7, 11) is -0.906. The van der Waals surface area contributed by atoms with E-state index in [2.05, 4.69) is 15.5 Å². The van der Waals surface area contributed by atoms with Crippen LogP contribution in [0.2, 0.25) is 0 Å². The molecule has 0 saturated heterocycles. The molecule has 0 aliphatic rings. The monoisotopic (exact) mass is 591 g/mol. The first-order chi connectivity index (χ1) is 20.2. The highest BCUT2D eigenvalue weighted by Gasteiger charge is 2.20. The van der Waals surface area contributed by atoms with Crippen LogP contribution in [0.5, 0.6) is 17.2 Å². The number of azo groups is 1. The molecule has 0 bridgehead atoms. The number of sulfone groups is 1. The number of carbonyl (C=O) groups is 2. The molecule has 0 spiro atoms. The summed E-state index contributed by atoms with van der Waals surface area (Å²) in [5.41, 5.74) is 0.530. The van der Waals surface area contributed by atoms with E-state index in [1.165, 1.54) is 32.4 Å². The normalized spacial score (nSPS) is 11.4. The van der Waals surface area contributed by atoms with E-state index in [1.807, 2.05) is 0 Å². The quantitative estimate of drug-likeness (QED) is 0.160. The second-order valence-electron chi connectivity index (χ2n) is 8.95. The average Bonchev–Trinajstić information content (AvgIpc) is 3.00. The van der Waals surface area contributed by atoms with Crippen molar-refractivity contribution in [1.82, 2.24) is 0 Å². The van der Waals surface area contributed by atoms with Gasteiger partial charge in [0.2, 0.25) is 0 Å². The van der Waals surface area contributed by atoms with Crippen LogP contribution in [0.3, 0.4) is 0 Å². The molecule has 1 amide bonds. The zero-order valence-corrected chi connectivity index (χ0v) is 24.0. The number of amides is 1. The van der Waals surface area contributed by atoms with Gasteiger partial charge in [-0.2, -0.15) is 0 Å². The van der Waals surface area contributed by atoms with Crippen LogP contribution in [-0.4, -0.2) is 52.0 Å². The Bertz CT molecular complexity index is 1750. The molecule has 0 aromatic heterocycles. The second-order valence-corrected chi connectivity index (χ2v) is 11.1. The van der Waals surface area contributed by atoms with Crippen molar-refractivity contribution in [2.75, 3.05) is 31.9 Å². The van der Waals surface area contributed by atoms with Gasteiger partial charge in [-0.3, -0.25) is 9.59 Å². The maximum atomic E-state index is 13.2. The third kappa shape index (κ3) is 6.84. The molecule has 0 aliphatic heterocycles. The van der Waals surface area contributed by atoms with Gasteiger partial charge in [0.25, 0.3) is 5.91 Å². The summed E-state index contributed by atoms with van der Waals surface area (Å²) >= 11 is 0. The van der Waals surface area contributed by atoms with Crippen molar-refractivity contribution in [3.8, 4) is 17.2 Å². The SMILES string of the molecule is CCC(=O)OCCS(=O)(=O)c1ccc(OC)c(N=Nc2c(O)c(C(=O)Nc3ccc(OC)cc3)cc3ccccc23)c1. The minimum Gasteiger partial charge on any atom is -0.505 e.